The summed E-state index contributed by atoms with van der Waals surface area (Å²) >= 11 is 5.61. The quantitative estimate of drug-likeness (QED) is 0.751. The van der Waals surface area contributed by atoms with E-state index < -0.39 is 0 Å². The Morgan fingerprint density at radius 3 is 2.40 bits per heavy atom. The number of hydrogen-bond donors (Lipinski definition) is 0. The van der Waals surface area contributed by atoms with Crippen molar-refractivity contribution in [3.8, 4) is 0 Å². The zero-order chi connectivity index (χ0) is 10.5. The van der Waals surface area contributed by atoms with Gasteiger partial charge in [0.15, 0.2) is 0 Å². The van der Waals surface area contributed by atoms with Crippen molar-refractivity contribution in [3.63, 3.8) is 0 Å². The van der Waals surface area contributed by atoms with Gasteiger partial charge in [-0.05, 0) is 30.5 Å². The van der Waals surface area contributed by atoms with Gasteiger partial charge in [-0.3, -0.25) is 0 Å². The monoisotopic (exact) mass is 284 g/mol. The van der Waals surface area contributed by atoms with E-state index in [2.05, 4.69) is 52.0 Å². The molecular weight excluding hydrogens is 268 g/mol. The minimum absolute atomic E-state index is 0.919. The van der Waals surface area contributed by atoms with E-state index in [1.807, 2.05) is 0 Å². The minimum atomic E-state index is 0.919. The molecule has 0 aliphatic heterocycles. The normalized spacial score (nSPS) is 17.9. The summed E-state index contributed by atoms with van der Waals surface area (Å²) in [6.07, 6.45) is 7.20. The minimum Gasteiger partial charge on any atom is -0.154 e. The van der Waals surface area contributed by atoms with Crippen molar-refractivity contribution in [2.75, 3.05) is 0 Å². The van der Waals surface area contributed by atoms with Gasteiger partial charge in [-0.2, -0.15) is 11.8 Å². The molecule has 1 fully saturated rings. The fourth-order valence-corrected chi connectivity index (χ4v) is 3.58. The van der Waals surface area contributed by atoms with E-state index in [0.29, 0.717) is 0 Å². The third-order valence-electron chi connectivity index (χ3n) is 2.95. The molecule has 0 bridgehead atoms. The fourth-order valence-electron chi connectivity index (χ4n) is 2.03. The predicted octanol–water partition coefficient (Wildman–Crippen LogP) is 5.02. The van der Waals surface area contributed by atoms with Crippen LogP contribution in [0.4, 0.5) is 0 Å². The molecule has 1 aromatic carbocycles. The molecule has 0 saturated heterocycles. The molecule has 0 radical (unpaired) electrons. The highest BCUT2D eigenvalue weighted by molar-refractivity contribution is 9.10. The maximum atomic E-state index is 3.47. The lowest BCUT2D eigenvalue weighted by molar-refractivity contribution is 0.516. The van der Waals surface area contributed by atoms with E-state index in [-0.39, 0.29) is 0 Å². The Bertz CT molecular complexity index is 288. The van der Waals surface area contributed by atoms with Crippen LogP contribution < -0.4 is 0 Å². The van der Waals surface area contributed by atoms with Gasteiger partial charge in [-0.25, -0.2) is 0 Å². The largest absolute Gasteiger partial charge is 0.154 e. The molecule has 2 rings (SSSR count). The first kappa shape index (κ1) is 11.5. The van der Waals surface area contributed by atoms with E-state index in [9.17, 15) is 0 Å². The zero-order valence-corrected chi connectivity index (χ0v) is 11.3. The van der Waals surface area contributed by atoms with Gasteiger partial charge >= 0.3 is 0 Å². The van der Waals surface area contributed by atoms with E-state index >= 15 is 0 Å². The second-order valence-electron chi connectivity index (χ2n) is 4.20. The Balaban J connectivity index is 1.79. The standard InChI is InChI=1S/C13H17BrS/c14-12-8-6-11(7-9-12)10-15-13-4-2-1-3-5-13/h6-9,13H,1-5,10H2. The van der Waals surface area contributed by atoms with Crippen LogP contribution in [0.15, 0.2) is 28.7 Å². The van der Waals surface area contributed by atoms with Crippen LogP contribution >= 0.6 is 27.7 Å². The Kier molecular flexibility index (Phi) is 4.58. The van der Waals surface area contributed by atoms with Crippen LogP contribution in [0.3, 0.4) is 0 Å². The molecule has 1 saturated carbocycles. The van der Waals surface area contributed by atoms with Crippen LogP contribution in [0, 0.1) is 0 Å². The van der Waals surface area contributed by atoms with E-state index in [1.54, 1.807) is 0 Å². The van der Waals surface area contributed by atoms with Crippen LogP contribution in [0.1, 0.15) is 37.7 Å². The van der Waals surface area contributed by atoms with Crippen LogP contribution in [-0.2, 0) is 5.75 Å². The van der Waals surface area contributed by atoms with Crippen molar-refractivity contribution >= 4 is 27.7 Å². The molecule has 82 valence electrons. The molecule has 0 nitrogen and oxygen atoms in total. The average molecular weight is 285 g/mol. The summed E-state index contributed by atoms with van der Waals surface area (Å²) in [5, 5.41) is 0.919. The number of hydrogen-bond acceptors (Lipinski definition) is 1. The van der Waals surface area contributed by atoms with Gasteiger partial charge in [-0.1, -0.05) is 47.3 Å². The highest BCUT2D eigenvalue weighted by atomic mass is 79.9. The molecule has 0 aromatic heterocycles. The second-order valence-corrected chi connectivity index (χ2v) is 6.40. The van der Waals surface area contributed by atoms with E-state index in [1.165, 1.54) is 47.9 Å². The van der Waals surface area contributed by atoms with E-state index in [4.69, 9.17) is 0 Å². The van der Waals surface area contributed by atoms with Gasteiger partial charge < -0.3 is 0 Å². The Hall–Kier alpha value is 0.0500. The van der Waals surface area contributed by atoms with Gasteiger partial charge in [0, 0.05) is 15.5 Å². The molecule has 0 heterocycles. The highest BCUT2D eigenvalue weighted by Crippen LogP contribution is 2.30. The topological polar surface area (TPSA) is 0 Å². The van der Waals surface area contributed by atoms with Gasteiger partial charge in [0.05, 0.1) is 0 Å². The van der Waals surface area contributed by atoms with Gasteiger partial charge in [0.2, 0.25) is 0 Å². The number of rotatable bonds is 3. The Labute approximate surface area is 105 Å². The highest BCUT2D eigenvalue weighted by Gasteiger charge is 2.13. The van der Waals surface area contributed by atoms with Crippen molar-refractivity contribution < 1.29 is 0 Å². The Morgan fingerprint density at radius 1 is 1.07 bits per heavy atom. The molecule has 1 aliphatic carbocycles. The van der Waals surface area contributed by atoms with Crippen molar-refractivity contribution in [2.24, 2.45) is 0 Å². The van der Waals surface area contributed by atoms with Crippen LogP contribution in [0.2, 0.25) is 0 Å². The van der Waals surface area contributed by atoms with Gasteiger partial charge in [-0.15, -0.1) is 0 Å². The van der Waals surface area contributed by atoms with Crippen LogP contribution in [-0.4, -0.2) is 5.25 Å². The average Bonchev–Trinajstić information content (AvgIpc) is 2.30. The van der Waals surface area contributed by atoms with Crippen LogP contribution in [0.25, 0.3) is 0 Å². The lowest BCUT2D eigenvalue weighted by atomic mass is 10.0. The second kappa shape index (κ2) is 5.95. The summed E-state index contributed by atoms with van der Waals surface area (Å²) in [6.45, 7) is 0. The van der Waals surface area contributed by atoms with Gasteiger partial charge in [0.1, 0.15) is 0 Å². The molecule has 2 heteroatoms. The molecule has 15 heavy (non-hydrogen) atoms. The Morgan fingerprint density at radius 2 is 1.73 bits per heavy atom. The maximum Gasteiger partial charge on any atom is 0.0187 e. The third-order valence-corrected chi connectivity index (χ3v) is 4.92. The molecular formula is C13H17BrS. The number of thioether (sulfide) groups is 1. The summed E-state index contributed by atoms with van der Waals surface area (Å²) in [5.74, 6) is 1.18. The maximum absolute atomic E-state index is 3.47. The first-order valence-corrected chi connectivity index (χ1v) is 7.55. The lowest BCUT2D eigenvalue weighted by Crippen LogP contribution is -2.08. The summed E-state index contributed by atoms with van der Waals surface area (Å²) in [7, 11) is 0. The van der Waals surface area contributed by atoms with E-state index in [0.717, 1.165) is 5.25 Å². The van der Waals surface area contributed by atoms with Crippen molar-refractivity contribution in [3.05, 3.63) is 34.3 Å². The summed E-state index contributed by atoms with van der Waals surface area (Å²) in [6, 6.07) is 8.72. The third kappa shape index (κ3) is 3.84. The summed E-state index contributed by atoms with van der Waals surface area (Å²) in [4.78, 5) is 0. The number of benzene rings is 1. The van der Waals surface area contributed by atoms with Crippen LogP contribution in [0.5, 0.6) is 0 Å². The predicted molar refractivity (Wildman–Crippen MR) is 72.3 cm³/mol. The summed E-state index contributed by atoms with van der Waals surface area (Å²) in [5.41, 5.74) is 1.45. The van der Waals surface area contributed by atoms with Crippen molar-refractivity contribution in [2.45, 2.75) is 43.1 Å². The molecule has 0 amide bonds. The fraction of sp³-hybridized carbons (Fsp3) is 0.538. The molecule has 1 aromatic rings. The summed E-state index contributed by atoms with van der Waals surface area (Å²) < 4.78 is 1.17. The smallest absolute Gasteiger partial charge is 0.0187 e. The molecule has 1 aliphatic rings. The lowest BCUT2D eigenvalue weighted by Gasteiger charge is -2.20. The van der Waals surface area contributed by atoms with Gasteiger partial charge in [0.25, 0.3) is 0 Å². The first-order chi connectivity index (χ1) is 7.34. The number of halogens is 1. The van der Waals surface area contributed by atoms with Crippen molar-refractivity contribution in [1.29, 1.82) is 0 Å². The first-order valence-electron chi connectivity index (χ1n) is 5.70. The molecule has 0 N–H and O–H groups in total. The zero-order valence-electron chi connectivity index (χ0n) is 8.92. The molecule has 0 spiro atoms. The SMILES string of the molecule is Brc1ccc(CSC2CCCCC2)cc1. The molecule has 0 unspecified atom stereocenters. The molecule has 0 atom stereocenters. The van der Waals surface area contributed by atoms with Crippen molar-refractivity contribution in [1.82, 2.24) is 0 Å².